The van der Waals surface area contributed by atoms with Crippen LogP contribution in [-0.4, -0.2) is 24.5 Å². The Morgan fingerprint density at radius 1 is 1.35 bits per heavy atom. The van der Waals surface area contributed by atoms with Gasteiger partial charge >= 0.3 is 5.97 Å². The molecular formula is C13H14O4. The third-order valence-electron chi connectivity index (χ3n) is 3.21. The van der Waals surface area contributed by atoms with E-state index in [0.29, 0.717) is 13.2 Å². The van der Waals surface area contributed by atoms with E-state index in [0.717, 1.165) is 12.0 Å². The van der Waals surface area contributed by atoms with Gasteiger partial charge in [0.25, 0.3) is 0 Å². The average Bonchev–Trinajstić information content (AvgIpc) is 2.84. The summed E-state index contributed by atoms with van der Waals surface area (Å²) in [5.41, 5.74) is 1.07. The number of carbonyl (C=O) groups is 1. The van der Waals surface area contributed by atoms with Crippen molar-refractivity contribution in [3.05, 3.63) is 35.9 Å². The highest BCUT2D eigenvalue weighted by atomic mass is 16.7. The number of rotatable bonds is 3. The summed E-state index contributed by atoms with van der Waals surface area (Å²) in [6.07, 6.45) is 0.684. The molecular weight excluding hydrogens is 220 g/mol. The first-order valence-electron chi connectivity index (χ1n) is 5.80. The van der Waals surface area contributed by atoms with E-state index in [1.165, 1.54) is 0 Å². The quantitative estimate of drug-likeness (QED) is 0.746. The minimum Gasteiger partial charge on any atom is -0.456 e. The Bertz CT molecular complexity index is 417. The van der Waals surface area contributed by atoms with Gasteiger partial charge in [-0.3, -0.25) is 4.79 Å². The molecule has 2 saturated heterocycles. The lowest BCUT2D eigenvalue weighted by Crippen LogP contribution is -2.37. The van der Waals surface area contributed by atoms with Crippen LogP contribution in [0.15, 0.2) is 30.3 Å². The van der Waals surface area contributed by atoms with Crippen LogP contribution < -0.4 is 0 Å². The van der Waals surface area contributed by atoms with E-state index >= 15 is 0 Å². The van der Waals surface area contributed by atoms with Gasteiger partial charge < -0.3 is 14.2 Å². The Morgan fingerprint density at radius 3 is 3.00 bits per heavy atom. The minimum absolute atomic E-state index is 0.199. The number of carbonyl (C=O) groups excluding carboxylic acids is 1. The van der Waals surface area contributed by atoms with Crippen molar-refractivity contribution < 1.29 is 19.0 Å². The lowest BCUT2D eigenvalue weighted by molar-refractivity contribution is -0.228. The summed E-state index contributed by atoms with van der Waals surface area (Å²) in [4.78, 5) is 11.3. The van der Waals surface area contributed by atoms with Gasteiger partial charge in [0.15, 0.2) is 6.10 Å². The number of hydrogen-bond donors (Lipinski definition) is 0. The van der Waals surface area contributed by atoms with Gasteiger partial charge in [-0.1, -0.05) is 30.3 Å². The lowest BCUT2D eigenvalue weighted by Gasteiger charge is -2.25. The molecule has 0 aliphatic carbocycles. The van der Waals surface area contributed by atoms with Gasteiger partial charge in [0.2, 0.25) is 5.79 Å². The van der Waals surface area contributed by atoms with E-state index < -0.39 is 5.79 Å². The predicted molar refractivity (Wildman–Crippen MR) is 59.0 cm³/mol. The monoisotopic (exact) mass is 234 g/mol. The van der Waals surface area contributed by atoms with Gasteiger partial charge in [0.05, 0.1) is 13.2 Å². The molecule has 0 spiro atoms. The molecule has 0 radical (unpaired) electrons. The Morgan fingerprint density at radius 2 is 2.18 bits per heavy atom. The van der Waals surface area contributed by atoms with Crippen molar-refractivity contribution in [2.75, 3.05) is 6.61 Å². The molecule has 0 aromatic heterocycles. The topological polar surface area (TPSA) is 44.8 Å². The summed E-state index contributed by atoms with van der Waals surface area (Å²) >= 11 is 0. The smallest absolute Gasteiger partial charge is 0.311 e. The first-order valence-corrected chi connectivity index (χ1v) is 5.80. The predicted octanol–water partition coefficient (Wildman–Crippen LogP) is 1.64. The van der Waals surface area contributed by atoms with Crippen molar-refractivity contribution in [3.63, 3.8) is 0 Å². The maximum atomic E-state index is 11.3. The molecule has 0 N–H and O–H groups in total. The fourth-order valence-corrected chi connectivity index (χ4v) is 2.33. The molecule has 0 saturated carbocycles. The minimum atomic E-state index is -0.840. The molecule has 2 heterocycles. The van der Waals surface area contributed by atoms with E-state index in [2.05, 4.69) is 0 Å². The van der Waals surface area contributed by atoms with E-state index in [9.17, 15) is 4.79 Å². The second-order valence-electron chi connectivity index (χ2n) is 4.38. The standard InChI is InChI=1S/C13H14O4/c14-12-8-13(11(17-12)6-7-15-13)16-9-10-4-2-1-3-5-10/h1-5,11H,6-9H2/t11-,13+/m0/s1. The second kappa shape index (κ2) is 4.13. The van der Waals surface area contributed by atoms with Crippen LogP contribution in [0.5, 0.6) is 0 Å². The van der Waals surface area contributed by atoms with Crippen LogP contribution in [0.1, 0.15) is 18.4 Å². The normalized spacial score (nSPS) is 31.3. The molecule has 17 heavy (non-hydrogen) atoms. The summed E-state index contributed by atoms with van der Waals surface area (Å²) in [6.45, 7) is 1.03. The molecule has 2 aliphatic heterocycles. The molecule has 1 aromatic rings. The second-order valence-corrected chi connectivity index (χ2v) is 4.38. The maximum absolute atomic E-state index is 11.3. The van der Waals surface area contributed by atoms with Gasteiger partial charge in [-0.05, 0) is 5.56 Å². The zero-order valence-corrected chi connectivity index (χ0v) is 9.43. The van der Waals surface area contributed by atoms with Crippen LogP contribution >= 0.6 is 0 Å². The molecule has 4 heteroatoms. The fourth-order valence-electron chi connectivity index (χ4n) is 2.33. The fraction of sp³-hybridized carbons (Fsp3) is 0.462. The van der Waals surface area contributed by atoms with Crippen LogP contribution in [0.3, 0.4) is 0 Å². The zero-order valence-electron chi connectivity index (χ0n) is 9.43. The molecule has 2 atom stereocenters. The first kappa shape index (κ1) is 10.7. The summed E-state index contributed by atoms with van der Waals surface area (Å²) in [7, 11) is 0. The summed E-state index contributed by atoms with van der Waals surface area (Å²) in [5, 5.41) is 0. The van der Waals surface area contributed by atoms with Crippen molar-refractivity contribution in [2.45, 2.75) is 31.3 Å². The third-order valence-corrected chi connectivity index (χ3v) is 3.21. The average molecular weight is 234 g/mol. The Balaban J connectivity index is 1.70. The van der Waals surface area contributed by atoms with Gasteiger partial charge in [-0.25, -0.2) is 0 Å². The van der Waals surface area contributed by atoms with Gasteiger partial charge in [0.1, 0.15) is 6.42 Å². The maximum Gasteiger partial charge on any atom is 0.311 e. The number of hydrogen-bond acceptors (Lipinski definition) is 4. The Labute approximate surface area is 99.5 Å². The summed E-state index contributed by atoms with van der Waals surface area (Å²) in [6, 6.07) is 9.84. The van der Waals surface area contributed by atoms with Crippen LogP contribution in [-0.2, 0) is 25.6 Å². The highest BCUT2D eigenvalue weighted by molar-refractivity contribution is 5.73. The number of fused-ring (bicyclic) bond motifs is 1. The van der Waals surface area contributed by atoms with E-state index in [4.69, 9.17) is 14.2 Å². The molecule has 4 nitrogen and oxygen atoms in total. The Hall–Kier alpha value is -1.39. The van der Waals surface area contributed by atoms with Gasteiger partial charge in [0, 0.05) is 6.42 Å². The highest BCUT2D eigenvalue weighted by Crippen LogP contribution is 2.39. The van der Waals surface area contributed by atoms with Gasteiger partial charge in [-0.2, -0.15) is 0 Å². The molecule has 0 bridgehead atoms. The van der Waals surface area contributed by atoms with Crippen molar-refractivity contribution in [1.82, 2.24) is 0 Å². The van der Waals surface area contributed by atoms with E-state index in [1.54, 1.807) is 0 Å². The lowest BCUT2D eigenvalue weighted by atomic mass is 10.1. The Kier molecular flexibility index (Phi) is 2.61. The van der Waals surface area contributed by atoms with Gasteiger partial charge in [-0.15, -0.1) is 0 Å². The molecule has 0 unspecified atom stereocenters. The largest absolute Gasteiger partial charge is 0.456 e. The SMILES string of the molecule is O=C1C[C@]2(OCc3ccccc3)OCC[C@@H]2O1. The van der Waals surface area contributed by atoms with E-state index in [1.807, 2.05) is 30.3 Å². The molecule has 0 amide bonds. The molecule has 2 fully saturated rings. The summed E-state index contributed by atoms with van der Waals surface area (Å²) < 4.78 is 16.6. The molecule has 90 valence electrons. The third kappa shape index (κ3) is 1.94. The molecule has 1 aromatic carbocycles. The first-order chi connectivity index (χ1) is 8.28. The van der Waals surface area contributed by atoms with Crippen molar-refractivity contribution in [3.8, 4) is 0 Å². The van der Waals surface area contributed by atoms with Crippen molar-refractivity contribution in [2.24, 2.45) is 0 Å². The highest BCUT2D eigenvalue weighted by Gasteiger charge is 2.55. The number of ether oxygens (including phenoxy) is 3. The number of benzene rings is 1. The zero-order chi connectivity index (χ0) is 11.7. The van der Waals surface area contributed by atoms with Crippen LogP contribution in [0, 0.1) is 0 Å². The van der Waals surface area contributed by atoms with E-state index in [-0.39, 0.29) is 18.5 Å². The van der Waals surface area contributed by atoms with Crippen molar-refractivity contribution in [1.29, 1.82) is 0 Å². The van der Waals surface area contributed by atoms with Crippen LogP contribution in [0.25, 0.3) is 0 Å². The molecule has 3 rings (SSSR count). The number of esters is 1. The summed E-state index contributed by atoms with van der Waals surface area (Å²) in [5.74, 6) is -1.07. The van der Waals surface area contributed by atoms with Crippen LogP contribution in [0.4, 0.5) is 0 Å². The molecule has 2 aliphatic rings. The van der Waals surface area contributed by atoms with Crippen molar-refractivity contribution >= 4 is 5.97 Å². The van der Waals surface area contributed by atoms with Crippen LogP contribution in [0.2, 0.25) is 0 Å².